The Bertz CT molecular complexity index is 572. The van der Waals surface area contributed by atoms with E-state index in [1.54, 1.807) is 4.90 Å². The van der Waals surface area contributed by atoms with Crippen molar-refractivity contribution < 1.29 is 9.53 Å². The summed E-state index contributed by atoms with van der Waals surface area (Å²) in [4.78, 5) is 14.2. The molecule has 1 saturated heterocycles. The average Bonchev–Trinajstić information content (AvgIpc) is 2.45. The quantitative estimate of drug-likeness (QED) is 0.727. The van der Waals surface area contributed by atoms with Gasteiger partial charge in [-0.3, -0.25) is 0 Å². The molecule has 22 heavy (non-hydrogen) atoms. The van der Waals surface area contributed by atoms with E-state index < -0.39 is 5.60 Å². The number of hydrogen-bond acceptors (Lipinski definition) is 3. The number of carbonyl (C=O) groups excluding carboxylic acids is 1. The van der Waals surface area contributed by atoms with Gasteiger partial charge in [-0.25, -0.2) is 4.79 Å². The first-order valence-corrected chi connectivity index (χ1v) is 8.24. The fourth-order valence-electron chi connectivity index (χ4n) is 2.62. The molecule has 0 radical (unpaired) electrons. The van der Waals surface area contributed by atoms with E-state index in [4.69, 9.17) is 4.74 Å². The average molecular weight is 365 g/mol. The number of nitrogens with zero attached hydrogens (tertiary/aromatic N) is 2. The third-order valence-corrected chi connectivity index (χ3v) is 4.20. The second kappa shape index (κ2) is 6.70. The lowest BCUT2D eigenvalue weighted by atomic mass is 9.88. The molecule has 5 heteroatoms. The van der Waals surface area contributed by atoms with Crippen molar-refractivity contribution in [1.29, 1.82) is 5.26 Å². The lowest BCUT2D eigenvalue weighted by molar-refractivity contribution is 0.00668. The van der Waals surface area contributed by atoms with E-state index in [0.29, 0.717) is 19.4 Å². The number of nitriles is 1. The summed E-state index contributed by atoms with van der Waals surface area (Å²) in [5.41, 5.74) is 0.516. The first kappa shape index (κ1) is 16.8. The number of rotatable bonds is 1. The monoisotopic (exact) mass is 364 g/mol. The van der Waals surface area contributed by atoms with E-state index in [2.05, 4.69) is 22.0 Å². The Morgan fingerprint density at radius 1 is 1.36 bits per heavy atom. The zero-order valence-electron chi connectivity index (χ0n) is 13.2. The van der Waals surface area contributed by atoms with Gasteiger partial charge in [0.2, 0.25) is 0 Å². The van der Waals surface area contributed by atoms with Gasteiger partial charge in [-0.2, -0.15) is 5.26 Å². The van der Waals surface area contributed by atoms with Crippen LogP contribution >= 0.6 is 15.9 Å². The molecule has 1 aromatic carbocycles. The second-order valence-corrected chi connectivity index (χ2v) is 7.51. The number of hydrogen-bond donors (Lipinski definition) is 0. The van der Waals surface area contributed by atoms with E-state index in [1.165, 1.54) is 0 Å². The van der Waals surface area contributed by atoms with Gasteiger partial charge in [0.15, 0.2) is 0 Å². The first-order chi connectivity index (χ1) is 10.3. The van der Waals surface area contributed by atoms with Crippen molar-refractivity contribution in [2.24, 2.45) is 5.92 Å². The normalized spacial score (nSPS) is 22.0. The third kappa shape index (κ3) is 4.23. The summed E-state index contributed by atoms with van der Waals surface area (Å²) >= 11 is 3.42. The highest BCUT2D eigenvalue weighted by atomic mass is 79.9. The van der Waals surface area contributed by atoms with Gasteiger partial charge in [-0.05, 0) is 51.3 Å². The van der Waals surface area contributed by atoms with E-state index in [9.17, 15) is 10.1 Å². The van der Waals surface area contributed by atoms with Crippen molar-refractivity contribution >= 4 is 22.0 Å². The van der Waals surface area contributed by atoms with E-state index >= 15 is 0 Å². The van der Waals surface area contributed by atoms with Gasteiger partial charge >= 0.3 is 6.09 Å². The Balaban J connectivity index is 2.24. The van der Waals surface area contributed by atoms with Gasteiger partial charge in [0, 0.05) is 11.0 Å². The highest BCUT2D eigenvalue weighted by molar-refractivity contribution is 9.10. The molecule has 2 unspecified atom stereocenters. The fourth-order valence-corrected chi connectivity index (χ4v) is 2.89. The molecule has 0 N–H and O–H groups in total. The summed E-state index contributed by atoms with van der Waals surface area (Å²) in [6.45, 7) is 6.14. The van der Waals surface area contributed by atoms with E-state index in [-0.39, 0.29) is 18.1 Å². The number of piperidine rings is 1. The first-order valence-electron chi connectivity index (χ1n) is 7.45. The molecule has 0 aliphatic carbocycles. The largest absolute Gasteiger partial charge is 0.444 e. The van der Waals surface area contributed by atoms with Crippen molar-refractivity contribution in [3.63, 3.8) is 0 Å². The van der Waals surface area contributed by atoms with Crippen LogP contribution in [0.3, 0.4) is 0 Å². The Labute approximate surface area is 140 Å². The van der Waals surface area contributed by atoms with Gasteiger partial charge in [-0.1, -0.05) is 28.1 Å². The highest BCUT2D eigenvalue weighted by Crippen LogP contribution is 2.35. The molecule has 0 bridgehead atoms. The van der Waals surface area contributed by atoms with Crippen LogP contribution in [0.1, 0.15) is 45.2 Å². The molecule has 1 fully saturated rings. The topological polar surface area (TPSA) is 53.3 Å². The fraction of sp³-hybridized carbons (Fsp3) is 0.529. The van der Waals surface area contributed by atoms with E-state index in [1.807, 2.05) is 45.0 Å². The van der Waals surface area contributed by atoms with Gasteiger partial charge < -0.3 is 9.64 Å². The number of halogens is 1. The van der Waals surface area contributed by atoms with Crippen LogP contribution in [-0.2, 0) is 4.74 Å². The molecule has 0 spiro atoms. The SMILES string of the molecule is CC(C)(C)OC(=O)N1CCC(C#N)CC1c1ccc(Br)cc1. The van der Waals surface area contributed by atoms with Gasteiger partial charge in [-0.15, -0.1) is 0 Å². The lowest BCUT2D eigenvalue weighted by Crippen LogP contribution is -2.43. The third-order valence-electron chi connectivity index (χ3n) is 3.67. The molecule has 1 aliphatic rings. The molecular weight excluding hydrogens is 344 g/mol. The van der Waals surface area contributed by atoms with Crippen LogP contribution in [0.5, 0.6) is 0 Å². The number of benzene rings is 1. The molecule has 0 saturated carbocycles. The van der Waals surface area contributed by atoms with Crippen LogP contribution in [0.4, 0.5) is 4.79 Å². The number of ether oxygens (including phenoxy) is 1. The minimum Gasteiger partial charge on any atom is -0.444 e. The minimum atomic E-state index is -0.520. The smallest absolute Gasteiger partial charge is 0.410 e. The van der Waals surface area contributed by atoms with Crippen LogP contribution in [0.15, 0.2) is 28.7 Å². The summed E-state index contributed by atoms with van der Waals surface area (Å²) in [6, 6.07) is 10.1. The number of amides is 1. The van der Waals surface area contributed by atoms with Crippen molar-refractivity contribution in [2.45, 2.75) is 45.3 Å². The molecular formula is C17H21BrN2O2. The maximum atomic E-state index is 12.5. The molecule has 1 amide bonds. The Hall–Kier alpha value is -1.54. The summed E-state index contributed by atoms with van der Waals surface area (Å²) < 4.78 is 6.51. The molecule has 4 nitrogen and oxygen atoms in total. The molecule has 1 aromatic rings. The predicted octanol–water partition coefficient (Wildman–Crippen LogP) is 4.66. The Kier molecular flexibility index (Phi) is 5.12. The predicted molar refractivity (Wildman–Crippen MR) is 88.2 cm³/mol. The van der Waals surface area contributed by atoms with Crippen molar-refractivity contribution in [2.75, 3.05) is 6.54 Å². The summed E-state index contributed by atoms with van der Waals surface area (Å²) in [6.07, 6.45) is 1.04. The molecule has 118 valence electrons. The van der Waals surface area contributed by atoms with Crippen LogP contribution < -0.4 is 0 Å². The zero-order valence-corrected chi connectivity index (χ0v) is 14.8. The summed E-state index contributed by atoms with van der Waals surface area (Å²) in [7, 11) is 0. The van der Waals surface area contributed by atoms with Crippen LogP contribution in [0.25, 0.3) is 0 Å². The van der Waals surface area contributed by atoms with Gasteiger partial charge in [0.05, 0.1) is 18.0 Å². The molecule has 2 atom stereocenters. The minimum absolute atomic E-state index is 0.0210. The highest BCUT2D eigenvalue weighted by Gasteiger charge is 2.35. The number of likely N-dealkylation sites (tertiary alicyclic amines) is 1. The Morgan fingerprint density at radius 2 is 2.00 bits per heavy atom. The standard InChI is InChI=1S/C17H21BrN2O2/c1-17(2,3)22-16(21)20-9-8-12(11-19)10-15(20)13-4-6-14(18)7-5-13/h4-7,12,15H,8-10H2,1-3H3. The maximum absolute atomic E-state index is 12.5. The second-order valence-electron chi connectivity index (χ2n) is 6.59. The van der Waals surface area contributed by atoms with Crippen LogP contribution in [0.2, 0.25) is 0 Å². The van der Waals surface area contributed by atoms with Crippen LogP contribution in [-0.4, -0.2) is 23.1 Å². The maximum Gasteiger partial charge on any atom is 0.410 e. The molecule has 1 heterocycles. The van der Waals surface area contributed by atoms with Crippen molar-refractivity contribution in [3.05, 3.63) is 34.3 Å². The van der Waals surface area contributed by atoms with Crippen molar-refractivity contribution in [1.82, 2.24) is 4.90 Å². The van der Waals surface area contributed by atoms with E-state index in [0.717, 1.165) is 10.0 Å². The molecule has 2 rings (SSSR count). The van der Waals surface area contributed by atoms with Gasteiger partial charge in [0.25, 0.3) is 0 Å². The number of carbonyl (C=O) groups is 1. The Morgan fingerprint density at radius 3 is 2.55 bits per heavy atom. The van der Waals surface area contributed by atoms with Crippen molar-refractivity contribution in [3.8, 4) is 6.07 Å². The lowest BCUT2D eigenvalue weighted by Gasteiger charge is -2.38. The van der Waals surface area contributed by atoms with Gasteiger partial charge in [0.1, 0.15) is 5.60 Å². The molecule has 1 aliphatic heterocycles. The van der Waals surface area contributed by atoms with Crippen LogP contribution in [0, 0.1) is 17.2 Å². The zero-order chi connectivity index (χ0) is 16.3. The molecule has 0 aromatic heterocycles. The summed E-state index contributed by atoms with van der Waals surface area (Å²) in [5.74, 6) is -0.0210. The summed E-state index contributed by atoms with van der Waals surface area (Å²) in [5, 5.41) is 9.22.